The molecule has 0 unspecified atom stereocenters. The highest BCUT2D eigenvalue weighted by molar-refractivity contribution is 7.13. The van der Waals surface area contributed by atoms with E-state index in [0.29, 0.717) is 43.2 Å². The van der Waals surface area contributed by atoms with Crippen LogP contribution in [0.3, 0.4) is 0 Å². The van der Waals surface area contributed by atoms with Crippen molar-refractivity contribution in [1.29, 1.82) is 0 Å². The number of carboxylic acids is 1. The van der Waals surface area contributed by atoms with Crippen LogP contribution in [0.4, 0.5) is 5.69 Å². The molecule has 0 aliphatic carbocycles. The van der Waals surface area contributed by atoms with Gasteiger partial charge in [0.05, 0.1) is 28.4 Å². The zero-order valence-electron chi connectivity index (χ0n) is 16.6. The van der Waals surface area contributed by atoms with Gasteiger partial charge in [0.25, 0.3) is 0 Å². The summed E-state index contributed by atoms with van der Waals surface area (Å²) >= 11 is 13.5. The fourth-order valence-electron chi connectivity index (χ4n) is 3.25. The van der Waals surface area contributed by atoms with E-state index in [1.165, 1.54) is 24.5 Å². The molecule has 162 valence electrons. The van der Waals surface area contributed by atoms with Gasteiger partial charge in [0, 0.05) is 33.8 Å². The van der Waals surface area contributed by atoms with Gasteiger partial charge in [-0.3, -0.25) is 0 Å². The zero-order valence-corrected chi connectivity index (χ0v) is 18.9. The van der Waals surface area contributed by atoms with Crippen molar-refractivity contribution in [3.63, 3.8) is 0 Å². The fourth-order valence-corrected chi connectivity index (χ4v) is 4.38. The van der Waals surface area contributed by atoms with Crippen LogP contribution >= 0.6 is 34.5 Å². The molecule has 0 fully saturated rings. The third kappa shape index (κ3) is 4.28. The maximum Gasteiger partial charge on any atom is 0.336 e. The Morgan fingerprint density at radius 2 is 1.78 bits per heavy atom. The number of nitrogens with one attached hydrogen (secondary N) is 1. The number of hydrogen-bond donors (Lipinski definition) is 2. The molecule has 6 nitrogen and oxygen atoms in total. The van der Waals surface area contributed by atoms with Crippen LogP contribution in [0.15, 0.2) is 60.0 Å². The molecule has 0 aliphatic rings. The SMILES string of the molecule is COc1ccc(-c2ccc(-c3nc(-c4ccc(Cl)c(Cl)c4)cs3)cc2C(=O)O)c(N[O-])c1. The van der Waals surface area contributed by atoms with Gasteiger partial charge in [0.15, 0.2) is 0 Å². The van der Waals surface area contributed by atoms with Crippen LogP contribution in [-0.2, 0) is 0 Å². The number of carboxylic acid groups (broad SMARTS) is 1. The van der Waals surface area contributed by atoms with Crippen LogP contribution in [0.25, 0.3) is 33.0 Å². The zero-order chi connectivity index (χ0) is 22.8. The second-order valence-electron chi connectivity index (χ2n) is 6.75. The van der Waals surface area contributed by atoms with Crippen molar-refractivity contribution in [2.75, 3.05) is 12.6 Å². The van der Waals surface area contributed by atoms with Crippen LogP contribution in [0.5, 0.6) is 5.75 Å². The number of aromatic nitrogens is 1. The second-order valence-corrected chi connectivity index (χ2v) is 8.42. The van der Waals surface area contributed by atoms with Crippen molar-refractivity contribution < 1.29 is 14.6 Å². The number of aromatic carboxylic acids is 1. The van der Waals surface area contributed by atoms with E-state index in [4.69, 9.17) is 27.9 Å². The standard InChI is InChI=1S/C23H15Cl2N2O4S/c1-31-14-4-6-16(20(10-14)27-30)15-5-2-13(8-17(15)23(28)29)22-26-21(11-32-22)12-3-7-18(24)19(25)9-12/h2-11,27H,1H3,(H,28,29)/q-1. The van der Waals surface area contributed by atoms with Gasteiger partial charge in [-0.1, -0.05) is 41.4 Å². The monoisotopic (exact) mass is 485 g/mol. The van der Waals surface area contributed by atoms with Crippen molar-refractivity contribution in [2.45, 2.75) is 0 Å². The van der Waals surface area contributed by atoms with Gasteiger partial charge in [-0.25, -0.2) is 9.78 Å². The van der Waals surface area contributed by atoms with E-state index in [1.807, 2.05) is 16.9 Å². The maximum absolute atomic E-state index is 12.0. The average Bonchev–Trinajstić information content (AvgIpc) is 3.30. The molecule has 0 saturated carbocycles. The van der Waals surface area contributed by atoms with E-state index < -0.39 is 5.97 Å². The molecule has 1 aromatic heterocycles. The molecule has 1 heterocycles. The lowest BCUT2D eigenvalue weighted by Crippen LogP contribution is -2.02. The molecule has 0 radical (unpaired) electrons. The van der Waals surface area contributed by atoms with Crippen LogP contribution in [-0.4, -0.2) is 23.2 Å². The van der Waals surface area contributed by atoms with E-state index in [9.17, 15) is 15.1 Å². The highest BCUT2D eigenvalue weighted by atomic mass is 35.5. The Morgan fingerprint density at radius 1 is 1.03 bits per heavy atom. The van der Waals surface area contributed by atoms with Crippen molar-refractivity contribution in [3.05, 3.63) is 80.8 Å². The number of benzene rings is 3. The molecule has 0 saturated heterocycles. The van der Waals surface area contributed by atoms with E-state index in [2.05, 4.69) is 4.98 Å². The minimum absolute atomic E-state index is 0.0513. The lowest BCUT2D eigenvalue weighted by molar-refractivity contribution is 0.0698. The molecule has 0 aliphatic heterocycles. The number of rotatable bonds is 6. The Kier molecular flexibility index (Phi) is 6.34. The summed E-state index contributed by atoms with van der Waals surface area (Å²) in [5.41, 5.74) is 5.15. The first-order valence-corrected chi connectivity index (χ1v) is 10.9. The third-order valence-electron chi connectivity index (χ3n) is 4.84. The number of halogens is 2. The number of thiazole rings is 1. The normalized spacial score (nSPS) is 10.8. The molecule has 4 aromatic rings. The van der Waals surface area contributed by atoms with Gasteiger partial charge < -0.3 is 20.5 Å². The Balaban J connectivity index is 1.76. The highest BCUT2D eigenvalue weighted by Gasteiger charge is 2.17. The number of carbonyl (C=O) groups is 1. The predicted octanol–water partition coefficient (Wildman–Crippen LogP) is 7.07. The lowest BCUT2D eigenvalue weighted by atomic mass is 9.96. The van der Waals surface area contributed by atoms with Crippen molar-refractivity contribution in [3.8, 4) is 38.7 Å². The number of ether oxygens (including phenoxy) is 1. The first kappa shape index (κ1) is 22.1. The van der Waals surface area contributed by atoms with Crippen LogP contribution in [0.1, 0.15) is 10.4 Å². The van der Waals surface area contributed by atoms with Crippen LogP contribution < -0.4 is 10.2 Å². The number of methoxy groups -OCH3 is 1. The molecule has 2 N–H and O–H groups in total. The topological polar surface area (TPSA) is 94.5 Å². The minimum atomic E-state index is -1.12. The van der Waals surface area contributed by atoms with Gasteiger partial charge in [0.1, 0.15) is 10.8 Å². The van der Waals surface area contributed by atoms with Crippen molar-refractivity contribution in [1.82, 2.24) is 4.98 Å². The summed E-state index contributed by atoms with van der Waals surface area (Å²) in [6.45, 7) is 0. The molecule has 0 bridgehead atoms. The Hall–Kier alpha value is -3.10. The van der Waals surface area contributed by atoms with E-state index >= 15 is 0 Å². The van der Waals surface area contributed by atoms with Crippen LogP contribution in [0.2, 0.25) is 10.0 Å². The summed E-state index contributed by atoms with van der Waals surface area (Å²) in [4.78, 5) is 16.7. The first-order valence-electron chi connectivity index (χ1n) is 9.26. The number of anilines is 1. The Labute approximate surface area is 197 Å². The summed E-state index contributed by atoms with van der Waals surface area (Å²) < 4.78 is 5.14. The molecular weight excluding hydrogens is 471 g/mol. The number of nitrogens with zero attached hydrogens (tertiary/aromatic N) is 1. The summed E-state index contributed by atoms with van der Waals surface area (Å²) in [5, 5.41) is 24.7. The molecule has 0 amide bonds. The van der Waals surface area contributed by atoms with Crippen molar-refractivity contribution >= 4 is 46.2 Å². The van der Waals surface area contributed by atoms with E-state index in [-0.39, 0.29) is 11.3 Å². The molecular formula is C23H15Cl2N2O4S-. The quantitative estimate of drug-likeness (QED) is 0.283. The van der Waals surface area contributed by atoms with Gasteiger partial charge in [-0.05, 0) is 35.9 Å². The third-order valence-corrected chi connectivity index (χ3v) is 6.47. The Bertz CT molecular complexity index is 1320. The largest absolute Gasteiger partial charge is 0.761 e. The molecule has 3 aromatic carbocycles. The summed E-state index contributed by atoms with van der Waals surface area (Å²) in [6.07, 6.45) is 0. The van der Waals surface area contributed by atoms with Gasteiger partial charge >= 0.3 is 5.97 Å². The molecule has 32 heavy (non-hydrogen) atoms. The molecule has 0 atom stereocenters. The molecule has 0 spiro atoms. The lowest BCUT2D eigenvalue weighted by Gasteiger charge is -2.18. The summed E-state index contributed by atoms with van der Waals surface area (Å²) in [5.74, 6) is -0.631. The predicted molar refractivity (Wildman–Crippen MR) is 129 cm³/mol. The van der Waals surface area contributed by atoms with Gasteiger partial charge in [0.2, 0.25) is 0 Å². The molecule has 9 heteroatoms. The maximum atomic E-state index is 12.0. The fraction of sp³-hybridized carbons (Fsp3) is 0.0435. The van der Waals surface area contributed by atoms with Crippen LogP contribution in [0, 0.1) is 5.21 Å². The van der Waals surface area contributed by atoms with E-state index in [0.717, 1.165) is 5.56 Å². The van der Waals surface area contributed by atoms with E-state index in [1.54, 1.807) is 42.5 Å². The highest BCUT2D eigenvalue weighted by Crippen LogP contribution is 2.37. The summed E-state index contributed by atoms with van der Waals surface area (Å²) in [6, 6.07) is 15.1. The smallest absolute Gasteiger partial charge is 0.336 e. The summed E-state index contributed by atoms with van der Waals surface area (Å²) in [7, 11) is 1.49. The Morgan fingerprint density at radius 3 is 2.47 bits per heavy atom. The number of hydrogen-bond acceptors (Lipinski definition) is 6. The van der Waals surface area contributed by atoms with Gasteiger partial charge in [-0.15, -0.1) is 11.3 Å². The van der Waals surface area contributed by atoms with Crippen molar-refractivity contribution in [2.24, 2.45) is 0 Å². The minimum Gasteiger partial charge on any atom is -0.761 e. The molecule has 4 rings (SSSR count). The second kappa shape index (κ2) is 9.18. The first-order chi connectivity index (χ1) is 15.4. The van der Waals surface area contributed by atoms with Gasteiger partial charge in [-0.2, -0.15) is 0 Å². The average molecular weight is 486 g/mol.